The molecule has 2 aromatic rings. The third kappa shape index (κ3) is 4.52. The molecular formula is C15H16Cl2N2O5S. The van der Waals surface area contributed by atoms with Gasteiger partial charge in [-0.2, -0.15) is 8.42 Å². The standard InChI is InChI=1S/C15H16Cl2N2O5S/c16-11-1-2-13(14(17)7-11)15(9-19-5-4-18-10-19)23-8-12(24-15)3-6-25(20,21)22/h1-2,4-5,7,10,12H,3,6,8-9H2,(H,20,21,22). The normalized spacial score (nSPS) is 23.9. The Labute approximate surface area is 155 Å². The van der Waals surface area contributed by atoms with Crippen LogP contribution >= 0.6 is 23.2 Å². The van der Waals surface area contributed by atoms with Crippen molar-refractivity contribution in [3.8, 4) is 0 Å². The van der Waals surface area contributed by atoms with Gasteiger partial charge in [0.25, 0.3) is 10.1 Å². The largest absolute Gasteiger partial charge is 0.342 e. The average Bonchev–Trinajstić information content (AvgIpc) is 3.15. The van der Waals surface area contributed by atoms with Crippen molar-refractivity contribution in [3.63, 3.8) is 0 Å². The van der Waals surface area contributed by atoms with Crippen molar-refractivity contribution >= 4 is 33.3 Å². The van der Waals surface area contributed by atoms with E-state index in [0.717, 1.165) is 0 Å². The van der Waals surface area contributed by atoms with E-state index in [-0.39, 0.29) is 19.6 Å². The number of ether oxygens (including phenoxy) is 2. The Hall–Kier alpha value is -1.16. The first-order valence-electron chi connectivity index (χ1n) is 7.46. The first-order valence-corrected chi connectivity index (χ1v) is 9.82. The molecule has 10 heteroatoms. The molecule has 1 aliphatic rings. The zero-order chi connectivity index (χ0) is 18.1. The van der Waals surface area contributed by atoms with Crippen LogP contribution in [-0.4, -0.2) is 41.0 Å². The van der Waals surface area contributed by atoms with Crippen LogP contribution in [-0.2, 0) is 31.9 Å². The molecule has 0 bridgehead atoms. The van der Waals surface area contributed by atoms with Crippen molar-refractivity contribution in [1.82, 2.24) is 9.55 Å². The number of benzene rings is 1. The molecule has 0 amide bonds. The summed E-state index contributed by atoms with van der Waals surface area (Å²) in [5, 5.41) is 0.857. The van der Waals surface area contributed by atoms with E-state index >= 15 is 0 Å². The summed E-state index contributed by atoms with van der Waals surface area (Å²) in [6.45, 7) is 0.444. The summed E-state index contributed by atoms with van der Waals surface area (Å²) in [6, 6.07) is 4.98. The molecular weight excluding hydrogens is 391 g/mol. The predicted molar refractivity (Wildman–Crippen MR) is 92.2 cm³/mol. The van der Waals surface area contributed by atoms with Gasteiger partial charge in [-0.1, -0.05) is 29.3 Å². The number of hydrogen-bond acceptors (Lipinski definition) is 5. The van der Waals surface area contributed by atoms with Gasteiger partial charge in [0.15, 0.2) is 0 Å². The second kappa shape index (κ2) is 7.22. The first kappa shape index (κ1) is 18.6. The molecule has 1 aromatic carbocycles. The topological polar surface area (TPSA) is 90.7 Å². The van der Waals surface area contributed by atoms with Gasteiger partial charge in [-0.25, -0.2) is 4.98 Å². The number of nitrogens with zero attached hydrogens (tertiary/aromatic N) is 2. The van der Waals surface area contributed by atoms with Crippen molar-refractivity contribution in [2.24, 2.45) is 0 Å². The van der Waals surface area contributed by atoms with E-state index in [4.69, 9.17) is 37.2 Å². The van der Waals surface area contributed by atoms with E-state index in [0.29, 0.717) is 15.6 Å². The number of hydrogen-bond donors (Lipinski definition) is 1. The molecule has 2 unspecified atom stereocenters. The SMILES string of the molecule is O=S(=O)(O)CCC1COC(Cn2ccnc2)(c2ccc(Cl)cc2Cl)O1. The molecule has 25 heavy (non-hydrogen) atoms. The zero-order valence-corrected chi connectivity index (χ0v) is 15.3. The third-order valence-electron chi connectivity index (χ3n) is 3.85. The van der Waals surface area contributed by atoms with Gasteiger partial charge >= 0.3 is 0 Å². The Morgan fingerprint density at radius 2 is 2.20 bits per heavy atom. The fourth-order valence-electron chi connectivity index (χ4n) is 2.72. The van der Waals surface area contributed by atoms with Crippen LogP contribution in [0.5, 0.6) is 0 Å². The molecule has 0 saturated carbocycles. The highest BCUT2D eigenvalue weighted by Gasteiger charge is 2.45. The summed E-state index contributed by atoms with van der Waals surface area (Å²) in [4.78, 5) is 4.00. The van der Waals surface area contributed by atoms with E-state index in [1.54, 1.807) is 41.5 Å². The Kier molecular flexibility index (Phi) is 5.38. The summed E-state index contributed by atoms with van der Waals surface area (Å²) in [7, 11) is -4.07. The Balaban J connectivity index is 1.88. The summed E-state index contributed by atoms with van der Waals surface area (Å²) in [5.41, 5.74) is 0.585. The van der Waals surface area contributed by atoms with Crippen LogP contribution in [0.2, 0.25) is 10.0 Å². The molecule has 0 radical (unpaired) electrons. The van der Waals surface area contributed by atoms with Gasteiger partial charge in [0.1, 0.15) is 0 Å². The van der Waals surface area contributed by atoms with Crippen LogP contribution in [0.3, 0.4) is 0 Å². The fraction of sp³-hybridized carbons (Fsp3) is 0.400. The molecule has 7 nitrogen and oxygen atoms in total. The fourth-order valence-corrected chi connectivity index (χ4v) is 3.83. The highest BCUT2D eigenvalue weighted by molar-refractivity contribution is 7.85. The Morgan fingerprint density at radius 3 is 2.84 bits per heavy atom. The summed E-state index contributed by atoms with van der Waals surface area (Å²) in [5.74, 6) is -1.61. The minimum atomic E-state index is -4.07. The van der Waals surface area contributed by atoms with Crippen LogP contribution in [0.4, 0.5) is 0 Å². The van der Waals surface area contributed by atoms with Gasteiger partial charge in [0, 0.05) is 23.0 Å². The van der Waals surface area contributed by atoms with Gasteiger partial charge in [-0.3, -0.25) is 4.55 Å². The maximum atomic E-state index is 11.0. The van der Waals surface area contributed by atoms with Gasteiger partial charge in [0.05, 0.1) is 36.4 Å². The van der Waals surface area contributed by atoms with Crippen molar-refractivity contribution in [2.75, 3.05) is 12.4 Å². The molecule has 0 spiro atoms. The van der Waals surface area contributed by atoms with E-state index in [1.807, 2.05) is 0 Å². The van der Waals surface area contributed by atoms with E-state index in [2.05, 4.69) is 4.98 Å². The highest BCUT2D eigenvalue weighted by atomic mass is 35.5. The lowest BCUT2D eigenvalue weighted by Crippen LogP contribution is -2.34. The van der Waals surface area contributed by atoms with Gasteiger partial charge in [-0.15, -0.1) is 0 Å². The first-order chi connectivity index (χ1) is 11.8. The van der Waals surface area contributed by atoms with Crippen molar-refractivity contribution in [3.05, 3.63) is 52.5 Å². The van der Waals surface area contributed by atoms with Crippen LogP contribution in [0, 0.1) is 0 Å². The number of rotatable bonds is 6. The van der Waals surface area contributed by atoms with Crippen LogP contribution in [0.25, 0.3) is 0 Å². The average molecular weight is 407 g/mol. The second-order valence-corrected chi connectivity index (χ2v) is 8.15. The molecule has 1 aromatic heterocycles. The highest BCUT2D eigenvalue weighted by Crippen LogP contribution is 2.41. The molecule has 136 valence electrons. The Morgan fingerprint density at radius 1 is 1.40 bits per heavy atom. The summed E-state index contributed by atoms with van der Waals surface area (Å²) in [6.07, 6.45) is 4.60. The van der Waals surface area contributed by atoms with Crippen LogP contribution < -0.4 is 0 Å². The lowest BCUT2D eigenvalue weighted by Gasteiger charge is -2.30. The number of aromatic nitrogens is 2. The van der Waals surface area contributed by atoms with Gasteiger partial charge in [-0.05, 0) is 18.6 Å². The molecule has 2 heterocycles. The zero-order valence-electron chi connectivity index (χ0n) is 13.0. The molecule has 1 aliphatic heterocycles. The summed E-state index contributed by atoms with van der Waals surface area (Å²) >= 11 is 12.3. The monoisotopic (exact) mass is 406 g/mol. The molecule has 3 rings (SSSR count). The predicted octanol–water partition coefficient (Wildman–Crippen LogP) is 2.74. The van der Waals surface area contributed by atoms with E-state index < -0.39 is 27.8 Å². The van der Waals surface area contributed by atoms with Crippen molar-refractivity contribution in [2.45, 2.75) is 24.9 Å². The minimum Gasteiger partial charge on any atom is -0.342 e. The van der Waals surface area contributed by atoms with Gasteiger partial charge in [0.2, 0.25) is 5.79 Å². The van der Waals surface area contributed by atoms with Gasteiger partial charge < -0.3 is 14.0 Å². The smallest absolute Gasteiger partial charge is 0.264 e. The van der Waals surface area contributed by atoms with Crippen LogP contribution in [0.15, 0.2) is 36.9 Å². The lowest BCUT2D eigenvalue weighted by molar-refractivity contribution is -0.187. The quantitative estimate of drug-likeness (QED) is 0.741. The molecule has 1 saturated heterocycles. The van der Waals surface area contributed by atoms with E-state index in [1.165, 1.54) is 0 Å². The number of imidazole rings is 1. The summed E-state index contributed by atoms with van der Waals surface area (Å²) < 4.78 is 44.6. The van der Waals surface area contributed by atoms with Crippen molar-refractivity contribution < 1.29 is 22.4 Å². The molecule has 0 aliphatic carbocycles. The number of halogens is 2. The minimum absolute atomic E-state index is 0.107. The van der Waals surface area contributed by atoms with E-state index in [9.17, 15) is 8.42 Å². The van der Waals surface area contributed by atoms with Crippen LogP contribution in [0.1, 0.15) is 12.0 Å². The maximum absolute atomic E-state index is 11.0. The Bertz CT molecular complexity index is 844. The lowest BCUT2D eigenvalue weighted by atomic mass is 10.1. The molecule has 1 fully saturated rings. The molecule has 1 N–H and O–H groups in total. The van der Waals surface area contributed by atoms with Crippen molar-refractivity contribution in [1.29, 1.82) is 0 Å². The maximum Gasteiger partial charge on any atom is 0.264 e. The molecule has 2 atom stereocenters. The second-order valence-electron chi connectivity index (χ2n) is 5.74. The third-order valence-corrected chi connectivity index (χ3v) is 5.15.